The van der Waals surface area contributed by atoms with E-state index in [0.29, 0.717) is 15.8 Å². The van der Waals surface area contributed by atoms with Crippen LogP contribution in [0.4, 0.5) is 13.2 Å². The first kappa shape index (κ1) is 22.7. The second-order valence-corrected chi connectivity index (χ2v) is 8.63. The van der Waals surface area contributed by atoms with Gasteiger partial charge in [-0.25, -0.2) is 0 Å². The number of nitrogens with zero attached hydrogens (tertiary/aromatic N) is 1. The van der Waals surface area contributed by atoms with E-state index in [-0.39, 0.29) is 11.4 Å². The first-order valence-electron chi connectivity index (χ1n) is 7.73. The number of alkyl halides is 3. The first-order chi connectivity index (χ1) is 11.8. The highest BCUT2D eigenvalue weighted by molar-refractivity contribution is 7.18. The fourth-order valence-electron chi connectivity index (χ4n) is 1.68. The molecular formula is C15H23ClF3N5OS. The van der Waals surface area contributed by atoms with Gasteiger partial charge in [-0.3, -0.25) is 15.1 Å². The summed E-state index contributed by atoms with van der Waals surface area (Å²) in [6.07, 6.45) is -6.27. The second-order valence-electron chi connectivity index (χ2n) is 6.92. The monoisotopic (exact) mass is 413 g/mol. The summed E-state index contributed by atoms with van der Waals surface area (Å²) in [5.74, 6) is -0.509. The van der Waals surface area contributed by atoms with Crippen LogP contribution < -0.4 is 22.1 Å². The first-order valence-corrected chi connectivity index (χ1v) is 8.93. The minimum absolute atomic E-state index is 0.0173. The number of hydrogen-bond acceptors (Lipinski definition) is 5. The molecule has 0 aliphatic heterocycles. The number of halogens is 4. The van der Waals surface area contributed by atoms with Gasteiger partial charge in [-0.15, -0.1) is 11.3 Å². The Bertz CT molecular complexity index is 642. The van der Waals surface area contributed by atoms with Gasteiger partial charge in [-0.1, -0.05) is 32.4 Å². The van der Waals surface area contributed by atoms with E-state index in [4.69, 9.17) is 23.1 Å². The van der Waals surface area contributed by atoms with E-state index in [1.807, 2.05) is 20.8 Å². The van der Waals surface area contributed by atoms with Crippen LogP contribution in [0.3, 0.4) is 0 Å². The number of hydrogen-bond donors (Lipinski definition) is 4. The van der Waals surface area contributed by atoms with Gasteiger partial charge in [-0.05, 0) is 17.5 Å². The third-order valence-electron chi connectivity index (χ3n) is 2.99. The van der Waals surface area contributed by atoms with Crippen LogP contribution in [0.1, 0.15) is 36.9 Å². The maximum absolute atomic E-state index is 12.6. The van der Waals surface area contributed by atoms with E-state index < -0.39 is 30.7 Å². The SMILES string of the molecule is CC(C)(C)CN=C(NC(=O)c1ccc(Cl)s1)NC(N)CC(N)C(F)(F)F. The third kappa shape index (κ3) is 8.35. The minimum Gasteiger partial charge on any atom is -0.341 e. The van der Waals surface area contributed by atoms with Crippen molar-refractivity contribution in [2.75, 3.05) is 6.54 Å². The Hall–Kier alpha value is -1.36. The quantitative estimate of drug-likeness (QED) is 0.338. The predicted molar refractivity (Wildman–Crippen MR) is 98.3 cm³/mol. The highest BCUT2D eigenvalue weighted by Crippen LogP contribution is 2.22. The van der Waals surface area contributed by atoms with Gasteiger partial charge in [0.05, 0.1) is 15.4 Å². The lowest BCUT2D eigenvalue weighted by Gasteiger charge is -2.23. The third-order valence-corrected chi connectivity index (χ3v) is 4.22. The average molecular weight is 414 g/mol. The zero-order valence-corrected chi connectivity index (χ0v) is 16.2. The average Bonchev–Trinajstić information content (AvgIpc) is 2.89. The summed E-state index contributed by atoms with van der Waals surface area (Å²) in [6, 6.07) is 1.01. The van der Waals surface area contributed by atoms with Gasteiger partial charge in [0, 0.05) is 13.0 Å². The molecule has 0 radical (unpaired) electrons. The van der Waals surface area contributed by atoms with Gasteiger partial charge in [-0.2, -0.15) is 13.2 Å². The van der Waals surface area contributed by atoms with Gasteiger partial charge >= 0.3 is 6.18 Å². The highest BCUT2D eigenvalue weighted by atomic mass is 35.5. The van der Waals surface area contributed by atoms with Crippen LogP contribution in [0, 0.1) is 5.41 Å². The van der Waals surface area contributed by atoms with Crippen molar-refractivity contribution in [3.63, 3.8) is 0 Å². The molecule has 0 aromatic carbocycles. The Morgan fingerprint density at radius 1 is 1.31 bits per heavy atom. The molecule has 1 aromatic rings. The molecule has 0 spiro atoms. The molecule has 0 saturated heterocycles. The number of rotatable bonds is 5. The summed E-state index contributed by atoms with van der Waals surface area (Å²) < 4.78 is 38.1. The van der Waals surface area contributed by atoms with Gasteiger partial charge < -0.3 is 16.8 Å². The summed E-state index contributed by atoms with van der Waals surface area (Å²) in [5.41, 5.74) is 10.6. The molecule has 1 rings (SSSR count). The van der Waals surface area contributed by atoms with Crippen LogP contribution in [0.25, 0.3) is 0 Å². The molecule has 1 aromatic heterocycles. The molecule has 2 unspecified atom stereocenters. The molecule has 26 heavy (non-hydrogen) atoms. The molecule has 11 heteroatoms. The number of carbonyl (C=O) groups is 1. The zero-order valence-electron chi connectivity index (χ0n) is 14.7. The lowest BCUT2D eigenvalue weighted by atomic mass is 9.97. The van der Waals surface area contributed by atoms with Gasteiger partial charge in [0.15, 0.2) is 5.96 Å². The summed E-state index contributed by atoms with van der Waals surface area (Å²) in [4.78, 5) is 16.8. The predicted octanol–water partition coefficient (Wildman–Crippen LogP) is 2.69. The fourth-order valence-corrected chi connectivity index (χ4v) is 2.62. The standard InChI is InChI=1S/C15H23ClF3N5OS/c1-14(2,3)7-22-13(23-11(21)6-9(20)15(17,18)19)24-12(25)8-4-5-10(16)26-8/h4-5,9,11H,6-7,20-21H2,1-3H3,(H2,22,23,24,25). The molecule has 6 N–H and O–H groups in total. The van der Waals surface area contributed by atoms with E-state index in [0.717, 1.165) is 11.3 Å². The summed E-state index contributed by atoms with van der Waals surface area (Å²) in [5, 5.41) is 5.10. The smallest absolute Gasteiger partial charge is 0.341 e. The molecule has 6 nitrogen and oxygen atoms in total. The number of guanidine groups is 1. The van der Waals surface area contributed by atoms with Gasteiger partial charge in [0.2, 0.25) is 0 Å². The Morgan fingerprint density at radius 3 is 2.38 bits per heavy atom. The van der Waals surface area contributed by atoms with Crippen molar-refractivity contribution in [2.45, 2.75) is 45.6 Å². The topological polar surface area (TPSA) is 106 Å². The number of amides is 1. The van der Waals surface area contributed by atoms with Crippen molar-refractivity contribution in [2.24, 2.45) is 21.9 Å². The summed E-state index contributed by atoms with van der Waals surface area (Å²) in [6.45, 7) is 6.09. The lowest BCUT2D eigenvalue weighted by Crippen LogP contribution is -2.53. The van der Waals surface area contributed by atoms with Crippen molar-refractivity contribution in [1.82, 2.24) is 10.6 Å². The molecule has 0 saturated carbocycles. The molecule has 1 amide bonds. The van der Waals surface area contributed by atoms with Crippen molar-refractivity contribution in [3.05, 3.63) is 21.3 Å². The lowest BCUT2D eigenvalue weighted by molar-refractivity contribution is -0.149. The Morgan fingerprint density at radius 2 is 1.92 bits per heavy atom. The number of carbonyl (C=O) groups excluding carboxylic acids is 1. The van der Waals surface area contributed by atoms with Gasteiger partial charge in [0.1, 0.15) is 6.04 Å². The molecule has 0 fully saturated rings. The fraction of sp³-hybridized carbons (Fsp3) is 0.600. The summed E-state index contributed by atoms with van der Waals surface area (Å²) in [7, 11) is 0. The normalized spacial score (nSPS) is 15.5. The molecule has 2 atom stereocenters. The maximum Gasteiger partial charge on any atom is 0.403 e. The van der Waals surface area contributed by atoms with E-state index >= 15 is 0 Å². The van der Waals surface area contributed by atoms with Crippen LogP contribution >= 0.6 is 22.9 Å². The maximum atomic E-state index is 12.6. The van der Waals surface area contributed by atoms with E-state index in [1.165, 1.54) is 6.07 Å². The van der Waals surface area contributed by atoms with Crippen LogP contribution in [0.5, 0.6) is 0 Å². The van der Waals surface area contributed by atoms with Crippen molar-refractivity contribution >= 4 is 34.8 Å². The van der Waals surface area contributed by atoms with Crippen LogP contribution in [-0.2, 0) is 0 Å². The Kier molecular flexibility index (Phi) is 7.87. The molecule has 0 bridgehead atoms. The van der Waals surface area contributed by atoms with Crippen molar-refractivity contribution in [3.8, 4) is 0 Å². The van der Waals surface area contributed by atoms with Crippen molar-refractivity contribution in [1.29, 1.82) is 0 Å². The van der Waals surface area contributed by atoms with E-state index in [2.05, 4.69) is 15.6 Å². The molecule has 0 aliphatic carbocycles. The highest BCUT2D eigenvalue weighted by Gasteiger charge is 2.37. The molecule has 148 valence electrons. The van der Waals surface area contributed by atoms with Crippen LogP contribution in [0.15, 0.2) is 17.1 Å². The van der Waals surface area contributed by atoms with Crippen molar-refractivity contribution < 1.29 is 18.0 Å². The molecular weight excluding hydrogens is 391 g/mol. The number of thiophene rings is 1. The molecule has 0 aliphatic rings. The number of nitrogens with two attached hydrogens (primary N) is 2. The summed E-state index contributed by atoms with van der Waals surface area (Å²) >= 11 is 6.86. The second kappa shape index (κ2) is 9.03. The number of nitrogens with one attached hydrogen (secondary N) is 2. The molecule has 1 heterocycles. The van der Waals surface area contributed by atoms with Crippen LogP contribution in [-0.4, -0.2) is 36.8 Å². The Balaban J connectivity index is 2.83. The van der Waals surface area contributed by atoms with Gasteiger partial charge in [0.25, 0.3) is 5.91 Å². The van der Waals surface area contributed by atoms with Crippen LogP contribution in [0.2, 0.25) is 4.34 Å². The minimum atomic E-state index is -4.56. The van der Waals surface area contributed by atoms with E-state index in [1.54, 1.807) is 6.07 Å². The largest absolute Gasteiger partial charge is 0.403 e. The van der Waals surface area contributed by atoms with E-state index in [9.17, 15) is 18.0 Å². The number of aliphatic imine (C=N–C) groups is 1. The zero-order chi connectivity index (χ0) is 20.1. The Labute approximate surface area is 159 Å².